The molecular weight excluding hydrogens is 194 g/mol. The van der Waals surface area contributed by atoms with Crippen molar-refractivity contribution >= 4 is 16.5 Å². The van der Waals surface area contributed by atoms with Crippen LogP contribution in [0.25, 0.3) is 10.8 Å². The van der Waals surface area contributed by atoms with Gasteiger partial charge in [0, 0.05) is 11.0 Å². The summed E-state index contributed by atoms with van der Waals surface area (Å²) in [5.74, 6) is 0. The Labute approximate surface area is 96.5 Å². The van der Waals surface area contributed by atoms with Gasteiger partial charge in [0.15, 0.2) is 0 Å². The van der Waals surface area contributed by atoms with Crippen LogP contribution in [0.5, 0.6) is 0 Å². The summed E-state index contributed by atoms with van der Waals surface area (Å²) in [4.78, 5) is 0. The molecule has 16 heavy (non-hydrogen) atoms. The maximum absolute atomic E-state index is 2.40. The highest BCUT2D eigenvalue weighted by Crippen LogP contribution is 2.39. The summed E-state index contributed by atoms with van der Waals surface area (Å²) in [6.07, 6.45) is 0. The molecule has 1 atom stereocenters. The Balaban J connectivity index is 2.40. The van der Waals surface area contributed by atoms with Crippen LogP contribution in [0.3, 0.4) is 0 Å². The van der Waals surface area contributed by atoms with Crippen LogP contribution in [-0.2, 0) is 5.41 Å². The maximum atomic E-state index is 2.40. The van der Waals surface area contributed by atoms with E-state index in [2.05, 4.69) is 62.5 Å². The number of nitrogens with two attached hydrogens (primary N) is 1. The summed E-state index contributed by atoms with van der Waals surface area (Å²) < 4.78 is 0. The lowest BCUT2D eigenvalue weighted by atomic mass is 9.79. The van der Waals surface area contributed by atoms with Gasteiger partial charge in [0.2, 0.25) is 0 Å². The van der Waals surface area contributed by atoms with Gasteiger partial charge >= 0.3 is 0 Å². The van der Waals surface area contributed by atoms with Gasteiger partial charge in [-0.15, -0.1) is 0 Å². The van der Waals surface area contributed by atoms with Crippen LogP contribution in [0.1, 0.15) is 26.3 Å². The average Bonchev–Trinajstić information content (AvgIpc) is 2.50. The highest BCUT2D eigenvalue weighted by atomic mass is 15.0. The van der Waals surface area contributed by atoms with Crippen molar-refractivity contribution in [3.8, 4) is 0 Å². The standard InChI is InChI=1S/C15H17N/c1-10-15(2,3)14-12-7-5-4-6-11(12)8-9-13(14)16-10/h4-10,16H,1-3H3/p+1. The molecule has 2 N–H and O–H groups in total. The molecule has 3 rings (SSSR count). The van der Waals surface area contributed by atoms with Crippen molar-refractivity contribution in [3.63, 3.8) is 0 Å². The third-order valence-corrected chi connectivity index (χ3v) is 4.17. The average molecular weight is 212 g/mol. The van der Waals surface area contributed by atoms with Gasteiger partial charge in [0.1, 0.15) is 5.69 Å². The van der Waals surface area contributed by atoms with Crippen molar-refractivity contribution < 1.29 is 5.32 Å². The lowest BCUT2D eigenvalue weighted by Crippen LogP contribution is -2.83. The molecule has 2 aromatic rings. The highest BCUT2D eigenvalue weighted by molar-refractivity contribution is 5.90. The third-order valence-electron chi connectivity index (χ3n) is 4.17. The molecule has 0 aliphatic carbocycles. The topological polar surface area (TPSA) is 16.6 Å². The van der Waals surface area contributed by atoms with Crippen molar-refractivity contribution in [1.82, 2.24) is 0 Å². The molecule has 0 radical (unpaired) electrons. The Bertz CT molecular complexity index is 554. The molecule has 0 bridgehead atoms. The smallest absolute Gasteiger partial charge is 0.134 e. The Morgan fingerprint density at radius 3 is 2.62 bits per heavy atom. The lowest BCUT2D eigenvalue weighted by molar-refractivity contribution is -0.604. The van der Waals surface area contributed by atoms with Gasteiger partial charge in [-0.25, -0.2) is 0 Å². The molecule has 0 aromatic heterocycles. The molecule has 1 aliphatic rings. The maximum Gasteiger partial charge on any atom is 0.134 e. The van der Waals surface area contributed by atoms with Gasteiger partial charge in [-0.1, -0.05) is 24.3 Å². The monoisotopic (exact) mass is 212 g/mol. The second-order valence-electron chi connectivity index (χ2n) is 5.43. The SMILES string of the molecule is CC1[NH2+]c2ccc3ccccc3c2C1(C)C. The summed E-state index contributed by atoms with van der Waals surface area (Å²) >= 11 is 0. The number of hydrogen-bond donors (Lipinski definition) is 1. The van der Waals surface area contributed by atoms with Crippen LogP contribution in [0, 0.1) is 0 Å². The van der Waals surface area contributed by atoms with E-state index in [0.717, 1.165) is 0 Å². The zero-order valence-electron chi connectivity index (χ0n) is 10.1. The van der Waals surface area contributed by atoms with E-state index in [1.165, 1.54) is 22.0 Å². The first kappa shape index (κ1) is 9.86. The molecule has 1 nitrogen and oxygen atoms in total. The molecule has 82 valence electrons. The summed E-state index contributed by atoms with van der Waals surface area (Å²) in [5, 5.41) is 5.18. The van der Waals surface area contributed by atoms with E-state index in [1.54, 1.807) is 0 Å². The first-order chi connectivity index (χ1) is 7.60. The van der Waals surface area contributed by atoms with Crippen LogP contribution < -0.4 is 5.32 Å². The van der Waals surface area contributed by atoms with Crippen molar-refractivity contribution in [1.29, 1.82) is 0 Å². The molecule has 0 saturated carbocycles. The van der Waals surface area contributed by atoms with Gasteiger partial charge in [-0.2, -0.15) is 0 Å². The Kier molecular flexibility index (Phi) is 1.90. The van der Waals surface area contributed by atoms with Crippen LogP contribution in [0.4, 0.5) is 5.69 Å². The zero-order chi connectivity index (χ0) is 11.3. The predicted octanol–water partition coefficient (Wildman–Crippen LogP) is 2.71. The minimum atomic E-state index is 0.260. The van der Waals surface area contributed by atoms with E-state index >= 15 is 0 Å². The summed E-state index contributed by atoms with van der Waals surface area (Å²) in [6, 6.07) is 13.8. The van der Waals surface area contributed by atoms with E-state index < -0.39 is 0 Å². The Morgan fingerprint density at radius 2 is 1.81 bits per heavy atom. The number of hydrogen-bond acceptors (Lipinski definition) is 0. The van der Waals surface area contributed by atoms with Crippen LogP contribution in [0.15, 0.2) is 36.4 Å². The molecule has 1 heteroatoms. The minimum absolute atomic E-state index is 0.260. The highest BCUT2D eigenvalue weighted by Gasteiger charge is 2.41. The largest absolute Gasteiger partial charge is 0.311 e. The van der Waals surface area contributed by atoms with Gasteiger partial charge in [-0.3, -0.25) is 0 Å². The van der Waals surface area contributed by atoms with Crippen molar-refractivity contribution in [3.05, 3.63) is 42.0 Å². The quantitative estimate of drug-likeness (QED) is 0.647. The summed E-state index contributed by atoms with van der Waals surface area (Å²) in [6.45, 7) is 7.02. The van der Waals surface area contributed by atoms with Gasteiger partial charge in [-0.05, 0) is 43.7 Å². The van der Waals surface area contributed by atoms with Crippen molar-refractivity contribution in [2.24, 2.45) is 0 Å². The number of benzene rings is 2. The summed E-state index contributed by atoms with van der Waals surface area (Å²) in [7, 11) is 0. The molecule has 0 fully saturated rings. The Morgan fingerprint density at radius 1 is 1.06 bits per heavy atom. The van der Waals surface area contributed by atoms with Gasteiger partial charge in [0.05, 0.1) is 6.04 Å². The predicted molar refractivity (Wildman–Crippen MR) is 68.0 cm³/mol. The normalized spacial score (nSPS) is 22.3. The van der Waals surface area contributed by atoms with Gasteiger partial charge in [0.25, 0.3) is 0 Å². The molecule has 0 saturated heterocycles. The van der Waals surface area contributed by atoms with Crippen LogP contribution in [-0.4, -0.2) is 6.04 Å². The lowest BCUT2D eigenvalue weighted by Gasteiger charge is -2.21. The third kappa shape index (κ3) is 1.15. The van der Waals surface area contributed by atoms with Gasteiger partial charge < -0.3 is 5.32 Å². The fourth-order valence-corrected chi connectivity index (χ4v) is 2.85. The number of rotatable bonds is 0. The fourth-order valence-electron chi connectivity index (χ4n) is 2.85. The minimum Gasteiger partial charge on any atom is -0.311 e. The van der Waals surface area contributed by atoms with E-state index in [-0.39, 0.29) is 5.41 Å². The molecular formula is C15H18N+. The van der Waals surface area contributed by atoms with E-state index in [0.29, 0.717) is 6.04 Å². The zero-order valence-corrected chi connectivity index (χ0v) is 10.1. The molecule has 1 heterocycles. The second-order valence-corrected chi connectivity index (χ2v) is 5.43. The first-order valence-electron chi connectivity index (χ1n) is 5.98. The van der Waals surface area contributed by atoms with Crippen LogP contribution >= 0.6 is 0 Å². The Hall–Kier alpha value is -1.34. The molecule has 2 aromatic carbocycles. The first-order valence-corrected chi connectivity index (χ1v) is 5.98. The van der Waals surface area contributed by atoms with Crippen molar-refractivity contribution in [2.45, 2.75) is 32.2 Å². The van der Waals surface area contributed by atoms with E-state index in [9.17, 15) is 0 Å². The fraction of sp³-hybridized carbons (Fsp3) is 0.333. The van der Waals surface area contributed by atoms with E-state index in [1.807, 2.05) is 0 Å². The molecule has 0 spiro atoms. The van der Waals surface area contributed by atoms with Crippen LogP contribution in [0.2, 0.25) is 0 Å². The van der Waals surface area contributed by atoms with E-state index in [4.69, 9.17) is 0 Å². The molecule has 1 aliphatic heterocycles. The van der Waals surface area contributed by atoms with Crippen molar-refractivity contribution in [2.75, 3.05) is 0 Å². The number of quaternary nitrogens is 1. The molecule has 1 unspecified atom stereocenters. The number of fused-ring (bicyclic) bond motifs is 3. The molecule has 0 amide bonds. The summed E-state index contributed by atoms with van der Waals surface area (Å²) in [5.41, 5.74) is 3.21. The second kappa shape index (κ2) is 3.08.